The van der Waals surface area contributed by atoms with Crippen molar-refractivity contribution in [1.82, 2.24) is 0 Å². The van der Waals surface area contributed by atoms with Crippen molar-refractivity contribution in [2.45, 2.75) is 13.0 Å². The van der Waals surface area contributed by atoms with Crippen LogP contribution in [0.2, 0.25) is 10.0 Å². The number of halogens is 2. The lowest BCUT2D eigenvalue weighted by atomic mass is 10.2. The minimum absolute atomic E-state index is 0.0480. The molecule has 2 aromatic carbocycles. The van der Waals surface area contributed by atoms with E-state index < -0.39 is 0 Å². The van der Waals surface area contributed by atoms with Crippen molar-refractivity contribution in [3.8, 4) is 5.75 Å². The summed E-state index contributed by atoms with van der Waals surface area (Å²) in [5.74, 6) is 0.896. The number of piperazine rings is 1. The molecular formula is C21H27Cl2N3O2+2. The number of carbonyl (C=O) groups is 1. The molecule has 0 unspecified atom stereocenters. The number of amides is 1. The van der Waals surface area contributed by atoms with Crippen LogP contribution in [0.15, 0.2) is 48.5 Å². The molecule has 1 aliphatic rings. The normalized spacial score (nSPS) is 20.4. The number of anilines is 1. The van der Waals surface area contributed by atoms with Crippen LogP contribution in [-0.2, 0) is 4.79 Å². The van der Waals surface area contributed by atoms with E-state index in [1.807, 2.05) is 43.3 Å². The molecule has 0 aromatic heterocycles. The molecule has 5 nitrogen and oxygen atoms in total. The second-order valence-corrected chi connectivity index (χ2v) is 8.05. The first kappa shape index (κ1) is 20.9. The number of quaternary nitrogens is 2. The van der Waals surface area contributed by atoms with Gasteiger partial charge < -0.3 is 19.9 Å². The summed E-state index contributed by atoms with van der Waals surface area (Å²) < 4.78 is 5.79. The Bertz CT molecular complexity index is 760. The molecule has 0 radical (unpaired) electrons. The van der Waals surface area contributed by atoms with Gasteiger partial charge in [0.2, 0.25) is 0 Å². The van der Waals surface area contributed by atoms with Gasteiger partial charge >= 0.3 is 0 Å². The molecule has 1 atom stereocenters. The van der Waals surface area contributed by atoms with E-state index in [4.69, 9.17) is 27.9 Å². The Morgan fingerprint density at radius 2 is 1.57 bits per heavy atom. The van der Waals surface area contributed by atoms with Gasteiger partial charge in [0.25, 0.3) is 5.91 Å². The highest BCUT2D eigenvalue weighted by atomic mass is 35.5. The monoisotopic (exact) mass is 423 g/mol. The first-order valence-corrected chi connectivity index (χ1v) is 10.4. The summed E-state index contributed by atoms with van der Waals surface area (Å²) in [6.07, 6.45) is 0. The minimum atomic E-state index is -0.0810. The molecule has 0 bridgehead atoms. The van der Waals surface area contributed by atoms with Gasteiger partial charge in [-0.05, 0) is 55.5 Å². The zero-order valence-electron chi connectivity index (χ0n) is 16.0. The van der Waals surface area contributed by atoms with Gasteiger partial charge in [0.05, 0.1) is 0 Å². The van der Waals surface area contributed by atoms with E-state index in [0.29, 0.717) is 16.7 Å². The fourth-order valence-electron chi connectivity index (χ4n) is 3.42. The molecule has 0 aliphatic carbocycles. The van der Waals surface area contributed by atoms with Crippen molar-refractivity contribution in [2.75, 3.05) is 44.6 Å². The van der Waals surface area contributed by atoms with E-state index in [1.54, 1.807) is 12.1 Å². The molecule has 7 heteroatoms. The highest BCUT2D eigenvalue weighted by Crippen LogP contribution is 2.15. The lowest BCUT2D eigenvalue weighted by Crippen LogP contribution is -3.30. The Balaban J connectivity index is 1.38. The Morgan fingerprint density at radius 3 is 2.18 bits per heavy atom. The second-order valence-electron chi connectivity index (χ2n) is 7.18. The van der Waals surface area contributed by atoms with Gasteiger partial charge in [-0.15, -0.1) is 0 Å². The number of hydrogen-bond acceptors (Lipinski definition) is 2. The van der Waals surface area contributed by atoms with Gasteiger partial charge in [0, 0.05) is 15.7 Å². The average Bonchev–Trinajstić information content (AvgIpc) is 2.71. The summed E-state index contributed by atoms with van der Waals surface area (Å²) in [6.45, 7) is 7.67. The van der Waals surface area contributed by atoms with E-state index >= 15 is 0 Å². The van der Waals surface area contributed by atoms with E-state index in [1.165, 1.54) is 9.80 Å². The zero-order chi connectivity index (χ0) is 19.9. The molecular weight excluding hydrogens is 397 g/mol. The largest absolute Gasteiger partial charge is 0.488 e. The number of benzene rings is 2. The zero-order valence-corrected chi connectivity index (χ0v) is 17.5. The van der Waals surface area contributed by atoms with Crippen molar-refractivity contribution in [1.29, 1.82) is 0 Å². The van der Waals surface area contributed by atoms with E-state index in [2.05, 4.69) is 5.32 Å². The average molecular weight is 424 g/mol. The van der Waals surface area contributed by atoms with Crippen LogP contribution in [0.25, 0.3) is 0 Å². The van der Waals surface area contributed by atoms with Crippen molar-refractivity contribution < 1.29 is 19.3 Å². The van der Waals surface area contributed by atoms with Gasteiger partial charge in [0.1, 0.15) is 45.1 Å². The summed E-state index contributed by atoms with van der Waals surface area (Å²) >= 11 is 11.8. The molecule has 1 aliphatic heterocycles. The molecule has 2 aromatic rings. The number of rotatable bonds is 7. The summed E-state index contributed by atoms with van der Waals surface area (Å²) in [4.78, 5) is 15.4. The van der Waals surface area contributed by atoms with Crippen LogP contribution in [0.3, 0.4) is 0 Å². The van der Waals surface area contributed by atoms with Crippen LogP contribution >= 0.6 is 23.2 Å². The quantitative estimate of drug-likeness (QED) is 0.626. The maximum Gasteiger partial charge on any atom is 0.282 e. The highest BCUT2D eigenvalue weighted by Gasteiger charge is 2.30. The van der Waals surface area contributed by atoms with E-state index in [0.717, 1.165) is 44.2 Å². The van der Waals surface area contributed by atoms with Gasteiger partial charge in [-0.2, -0.15) is 0 Å². The molecule has 28 heavy (non-hydrogen) atoms. The van der Waals surface area contributed by atoms with Crippen LogP contribution in [0.5, 0.6) is 5.75 Å². The van der Waals surface area contributed by atoms with Crippen LogP contribution in [0.4, 0.5) is 5.69 Å². The molecule has 1 heterocycles. The molecule has 3 rings (SSSR count). The predicted molar refractivity (Wildman–Crippen MR) is 113 cm³/mol. The van der Waals surface area contributed by atoms with Crippen LogP contribution in [0.1, 0.15) is 6.92 Å². The summed E-state index contributed by atoms with van der Waals surface area (Å²) in [5.41, 5.74) is 0.782. The summed E-state index contributed by atoms with van der Waals surface area (Å²) in [5, 5.41) is 4.36. The predicted octanol–water partition coefficient (Wildman–Crippen LogP) is 1.18. The van der Waals surface area contributed by atoms with Gasteiger partial charge in [-0.1, -0.05) is 23.2 Å². The van der Waals surface area contributed by atoms with Gasteiger partial charge in [-0.25, -0.2) is 0 Å². The number of nitrogens with one attached hydrogen (secondary N) is 3. The van der Waals surface area contributed by atoms with Crippen LogP contribution < -0.4 is 19.9 Å². The van der Waals surface area contributed by atoms with Crippen molar-refractivity contribution in [2.24, 2.45) is 0 Å². The third-order valence-electron chi connectivity index (χ3n) is 5.25. The maximum absolute atomic E-state index is 12.5. The lowest BCUT2D eigenvalue weighted by Gasteiger charge is -2.32. The lowest BCUT2D eigenvalue weighted by molar-refractivity contribution is -1.02. The molecule has 150 valence electrons. The Labute approximate surface area is 176 Å². The first-order chi connectivity index (χ1) is 13.5. The number of carbonyl (C=O) groups excluding carboxylic acids is 1. The smallest absolute Gasteiger partial charge is 0.282 e. The third-order valence-corrected chi connectivity index (χ3v) is 5.76. The summed E-state index contributed by atoms with van der Waals surface area (Å²) in [7, 11) is 0. The Kier molecular flexibility index (Phi) is 7.57. The fourth-order valence-corrected chi connectivity index (χ4v) is 3.67. The van der Waals surface area contributed by atoms with Crippen LogP contribution in [-0.4, -0.2) is 51.3 Å². The standard InChI is InChI=1S/C21H25Cl2N3O2/c1-16(21(27)24-19-6-2-17(22)3-7-19)26-12-10-25(11-13-26)14-15-28-20-8-4-18(23)5-9-20/h2-9,16H,10-15H2,1H3,(H,24,27)/p+2/t16-/m0/s1. The second kappa shape index (κ2) is 10.1. The number of ether oxygens (including phenoxy) is 1. The Morgan fingerprint density at radius 1 is 1.00 bits per heavy atom. The van der Waals surface area contributed by atoms with Gasteiger partial charge in [0.15, 0.2) is 6.04 Å². The van der Waals surface area contributed by atoms with E-state index in [-0.39, 0.29) is 11.9 Å². The Hall–Kier alpha value is -1.79. The molecule has 3 N–H and O–H groups in total. The number of hydrogen-bond donors (Lipinski definition) is 3. The highest BCUT2D eigenvalue weighted by molar-refractivity contribution is 6.30. The molecule has 1 saturated heterocycles. The SMILES string of the molecule is C[C@@H](C(=O)Nc1ccc(Cl)cc1)[NH+]1CC[NH+](CCOc2ccc(Cl)cc2)CC1. The third kappa shape index (κ3) is 6.11. The topological polar surface area (TPSA) is 47.2 Å². The van der Waals surface area contributed by atoms with E-state index in [9.17, 15) is 4.79 Å². The minimum Gasteiger partial charge on any atom is -0.488 e. The first-order valence-electron chi connectivity index (χ1n) is 9.64. The van der Waals surface area contributed by atoms with Crippen LogP contribution in [0, 0.1) is 0 Å². The van der Waals surface area contributed by atoms with Crippen molar-refractivity contribution >= 4 is 34.8 Å². The molecule has 0 spiro atoms. The van der Waals surface area contributed by atoms with Crippen molar-refractivity contribution in [3.05, 3.63) is 58.6 Å². The van der Waals surface area contributed by atoms with Crippen molar-refractivity contribution in [3.63, 3.8) is 0 Å². The molecule has 1 amide bonds. The molecule has 1 fully saturated rings. The molecule has 0 saturated carbocycles. The van der Waals surface area contributed by atoms with Gasteiger partial charge in [-0.3, -0.25) is 4.79 Å². The summed E-state index contributed by atoms with van der Waals surface area (Å²) in [6, 6.07) is 14.6. The maximum atomic E-state index is 12.5. The fraction of sp³-hybridized carbons (Fsp3) is 0.381.